The van der Waals surface area contributed by atoms with Crippen LogP contribution in [-0.2, 0) is 20.0 Å². The van der Waals surface area contributed by atoms with Crippen molar-refractivity contribution in [1.82, 2.24) is 10.2 Å². The number of hydrogen-bond acceptors (Lipinski definition) is 9. The van der Waals surface area contributed by atoms with Crippen molar-refractivity contribution in [2.24, 2.45) is 10.3 Å². The molecule has 2 aromatic carbocycles. The molecule has 27 heavy (non-hydrogen) atoms. The van der Waals surface area contributed by atoms with Crippen LogP contribution in [0.2, 0.25) is 0 Å². The zero-order valence-electron chi connectivity index (χ0n) is 13.5. The first-order valence-electron chi connectivity index (χ1n) is 7.24. The van der Waals surface area contributed by atoms with Gasteiger partial charge in [0, 0.05) is 11.4 Å². The average Bonchev–Trinajstić information content (AvgIpc) is 3.01. The van der Waals surface area contributed by atoms with E-state index in [2.05, 4.69) is 20.8 Å². The van der Waals surface area contributed by atoms with Gasteiger partial charge in [-0.25, -0.2) is 27.1 Å². The van der Waals surface area contributed by atoms with Crippen molar-refractivity contribution in [3.05, 3.63) is 48.5 Å². The molecule has 10 nitrogen and oxygen atoms in total. The molecular formula is C14H14N6O4S3. The van der Waals surface area contributed by atoms with Crippen molar-refractivity contribution < 1.29 is 16.8 Å². The molecule has 6 N–H and O–H groups in total. The van der Waals surface area contributed by atoms with E-state index >= 15 is 0 Å². The molecule has 0 amide bonds. The Hall–Kier alpha value is -2.58. The summed E-state index contributed by atoms with van der Waals surface area (Å²) in [5.41, 5.74) is 1.23. The number of nitrogens with zero attached hydrogens (tertiary/aromatic N) is 2. The summed E-state index contributed by atoms with van der Waals surface area (Å²) >= 11 is 1.21. The molecule has 0 aliphatic rings. The summed E-state index contributed by atoms with van der Waals surface area (Å²) < 4.78 is 45.0. The van der Waals surface area contributed by atoms with E-state index in [9.17, 15) is 16.8 Å². The van der Waals surface area contributed by atoms with E-state index in [0.29, 0.717) is 21.6 Å². The van der Waals surface area contributed by atoms with Crippen LogP contribution in [0.25, 0.3) is 0 Å². The summed E-state index contributed by atoms with van der Waals surface area (Å²) in [4.78, 5) is 0.0196. The van der Waals surface area contributed by atoms with Gasteiger partial charge in [0.1, 0.15) is 0 Å². The summed E-state index contributed by atoms with van der Waals surface area (Å²) in [5, 5.41) is 25.0. The van der Waals surface area contributed by atoms with Crippen LogP contribution in [0.4, 0.5) is 21.6 Å². The number of aromatic nitrogens is 2. The van der Waals surface area contributed by atoms with E-state index < -0.39 is 20.0 Å². The van der Waals surface area contributed by atoms with Crippen LogP contribution in [0.3, 0.4) is 0 Å². The number of benzene rings is 2. The minimum atomic E-state index is -3.74. The summed E-state index contributed by atoms with van der Waals surface area (Å²) in [6, 6.07) is 11.7. The Morgan fingerprint density at radius 2 is 1.00 bits per heavy atom. The second-order valence-electron chi connectivity index (χ2n) is 5.30. The van der Waals surface area contributed by atoms with Crippen molar-refractivity contribution in [1.29, 1.82) is 0 Å². The number of nitrogens with two attached hydrogens (primary N) is 2. The van der Waals surface area contributed by atoms with Gasteiger partial charge < -0.3 is 10.6 Å². The van der Waals surface area contributed by atoms with Gasteiger partial charge >= 0.3 is 0 Å². The Morgan fingerprint density at radius 1 is 0.667 bits per heavy atom. The first-order valence-corrected chi connectivity index (χ1v) is 11.2. The van der Waals surface area contributed by atoms with E-state index in [1.807, 2.05) is 0 Å². The van der Waals surface area contributed by atoms with Gasteiger partial charge in [-0.2, -0.15) is 0 Å². The maximum Gasteiger partial charge on any atom is 0.238 e. The third kappa shape index (κ3) is 4.99. The Morgan fingerprint density at radius 3 is 1.30 bits per heavy atom. The largest absolute Gasteiger partial charge is 0.330 e. The molecule has 3 aromatic rings. The normalized spacial score (nSPS) is 11.9. The molecule has 3 rings (SSSR count). The molecule has 0 fully saturated rings. The lowest BCUT2D eigenvalue weighted by molar-refractivity contribution is 0.596. The molecule has 0 radical (unpaired) electrons. The smallest absolute Gasteiger partial charge is 0.238 e. The molecule has 1 heterocycles. The van der Waals surface area contributed by atoms with Crippen molar-refractivity contribution in [2.75, 3.05) is 10.6 Å². The first kappa shape index (κ1) is 19.2. The fourth-order valence-electron chi connectivity index (χ4n) is 2.03. The molecule has 0 saturated heterocycles. The molecule has 0 aliphatic carbocycles. The summed E-state index contributed by atoms with van der Waals surface area (Å²) in [6.45, 7) is 0. The highest BCUT2D eigenvalue weighted by Crippen LogP contribution is 2.27. The highest BCUT2D eigenvalue weighted by atomic mass is 32.2. The van der Waals surface area contributed by atoms with Gasteiger partial charge in [0.05, 0.1) is 9.79 Å². The number of sulfonamides is 2. The van der Waals surface area contributed by atoms with Crippen molar-refractivity contribution in [2.45, 2.75) is 9.79 Å². The van der Waals surface area contributed by atoms with Crippen LogP contribution in [0.5, 0.6) is 0 Å². The van der Waals surface area contributed by atoms with Gasteiger partial charge in [-0.3, -0.25) is 0 Å². The first-order chi connectivity index (χ1) is 12.6. The number of anilines is 4. The fraction of sp³-hybridized carbons (Fsp3) is 0. The van der Waals surface area contributed by atoms with Gasteiger partial charge in [-0.1, -0.05) is 11.3 Å². The van der Waals surface area contributed by atoms with E-state index in [-0.39, 0.29) is 9.79 Å². The van der Waals surface area contributed by atoms with E-state index in [4.69, 9.17) is 10.3 Å². The zero-order chi connectivity index (χ0) is 19.7. The van der Waals surface area contributed by atoms with E-state index in [1.165, 1.54) is 35.6 Å². The third-order valence-electron chi connectivity index (χ3n) is 3.29. The predicted molar refractivity (Wildman–Crippen MR) is 102 cm³/mol. The highest BCUT2D eigenvalue weighted by molar-refractivity contribution is 7.89. The quantitative estimate of drug-likeness (QED) is 0.457. The third-order valence-corrected chi connectivity index (χ3v) is 5.91. The molecule has 13 heteroatoms. The van der Waals surface area contributed by atoms with Crippen molar-refractivity contribution in [3.63, 3.8) is 0 Å². The lowest BCUT2D eigenvalue weighted by atomic mass is 10.3. The molecular weight excluding hydrogens is 412 g/mol. The van der Waals surface area contributed by atoms with E-state index in [0.717, 1.165) is 0 Å². The van der Waals surface area contributed by atoms with Gasteiger partial charge in [-0.05, 0) is 48.5 Å². The molecule has 0 aliphatic heterocycles. The summed E-state index contributed by atoms with van der Waals surface area (Å²) in [5.74, 6) is 0. The minimum Gasteiger partial charge on any atom is -0.330 e. The van der Waals surface area contributed by atoms with Crippen LogP contribution >= 0.6 is 11.3 Å². The number of primary sulfonamides is 2. The second kappa shape index (κ2) is 7.21. The van der Waals surface area contributed by atoms with E-state index in [1.54, 1.807) is 24.3 Å². The van der Waals surface area contributed by atoms with Crippen LogP contribution in [0.15, 0.2) is 58.3 Å². The molecule has 142 valence electrons. The summed E-state index contributed by atoms with van der Waals surface area (Å²) in [7, 11) is -7.49. The average molecular weight is 427 g/mol. The Balaban J connectivity index is 1.68. The number of hydrogen-bond donors (Lipinski definition) is 4. The lowest BCUT2D eigenvalue weighted by Gasteiger charge is -2.04. The monoisotopic (exact) mass is 426 g/mol. The lowest BCUT2D eigenvalue weighted by Crippen LogP contribution is -2.11. The minimum absolute atomic E-state index is 0.00982. The molecule has 0 unspecified atom stereocenters. The Labute approximate surface area is 159 Å². The maximum atomic E-state index is 11.2. The van der Waals surface area contributed by atoms with Crippen LogP contribution < -0.4 is 20.9 Å². The number of nitrogens with one attached hydrogen (secondary N) is 2. The number of rotatable bonds is 6. The molecule has 0 spiro atoms. The zero-order valence-corrected chi connectivity index (χ0v) is 16.0. The van der Waals surface area contributed by atoms with Crippen LogP contribution in [-0.4, -0.2) is 27.0 Å². The van der Waals surface area contributed by atoms with Crippen molar-refractivity contribution >= 4 is 53.0 Å². The topological polar surface area (TPSA) is 170 Å². The molecule has 0 saturated carbocycles. The van der Waals surface area contributed by atoms with Gasteiger partial charge in [-0.15, -0.1) is 10.2 Å². The summed E-state index contributed by atoms with van der Waals surface area (Å²) in [6.07, 6.45) is 0. The van der Waals surface area contributed by atoms with Crippen molar-refractivity contribution in [3.8, 4) is 0 Å². The van der Waals surface area contributed by atoms with Gasteiger partial charge in [0.25, 0.3) is 0 Å². The Bertz CT molecular complexity index is 1060. The van der Waals surface area contributed by atoms with Crippen LogP contribution in [0, 0.1) is 0 Å². The van der Waals surface area contributed by atoms with Gasteiger partial charge in [0.2, 0.25) is 30.3 Å². The maximum absolute atomic E-state index is 11.2. The SMILES string of the molecule is NS(=O)(=O)c1ccc(Nc2nnc(Nc3ccc(S(N)(=O)=O)cc3)s2)cc1. The molecule has 1 aromatic heterocycles. The standard InChI is InChI=1S/C14H14N6O4S3/c15-26(21,22)11-5-1-9(2-6-11)17-13-19-20-14(25-13)18-10-3-7-12(8-4-10)27(16,23)24/h1-8H,(H,17,19)(H,18,20)(H2,15,21,22)(H2,16,23,24). The predicted octanol–water partition coefficient (Wildman–Crippen LogP) is 1.32. The second-order valence-corrected chi connectivity index (χ2v) is 9.40. The van der Waals surface area contributed by atoms with Crippen LogP contribution in [0.1, 0.15) is 0 Å². The highest BCUT2D eigenvalue weighted by Gasteiger charge is 2.10. The molecule has 0 atom stereocenters. The van der Waals surface area contributed by atoms with Gasteiger partial charge in [0.15, 0.2) is 0 Å². The Kier molecular flexibility index (Phi) is 5.12. The fourth-order valence-corrected chi connectivity index (χ4v) is 3.74. The molecule has 0 bridgehead atoms.